The summed E-state index contributed by atoms with van der Waals surface area (Å²) in [5.74, 6) is 0.0409. The number of nitrogens with zero attached hydrogens (tertiary/aromatic N) is 1. The molecule has 1 aromatic rings. The minimum atomic E-state index is -1.02. The van der Waals surface area contributed by atoms with Gasteiger partial charge in [-0.1, -0.05) is 57.5 Å². The summed E-state index contributed by atoms with van der Waals surface area (Å²) in [5.41, 5.74) is 0.0194. The van der Waals surface area contributed by atoms with Crippen LogP contribution in [0.15, 0.2) is 10.6 Å². The topological polar surface area (TPSA) is 63.3 Å². The minimum absolute atomic E-state index is 0.0194. The molecule has 1 N–H and O–H groups in total. The van der Waals surface area contributed by atoms with E-state index in [4.69, 9.17) is 9.63 Å². The van der Waals surface area contributed by atoms with Crippen LogP contribution in [0.1, 0.15) is 87.4 Å². The van der Waals surface area contributed by atoms with Gasteiger partial charge in [0.05, 0.1) is 0 Å². The summed E-state index contributed by atoms with van der Waals surface area (Å²) in [4.78, 5) is 10.8. The van der Waals surface area contributed by atoms with Crippen molar-refractivity contribution in [3.8, 4) is 0 Å². The lowest BCUT2D eigenvalue weighted by Crippen LogP contribution is -1.99. The first kappa shape index (κ1) is 15.7. The molecular weight excluding hydrogens is 242 g/mol. The second-order valence-electron chi connectivity index (χ2n) is 5.11. The van der Waals surface area contributed by atoms with Crippen molar-refractivity contribution in [1.29, 1.82) is 0 Å². The Balaban J connectivity index is 2.61. The summed E-state index contributed by atoms with van der Waals surface area (Å²) >= 11 is 0. The normalized spacial score (nSPS) is 11.1. The lowest BCUT2D eigenvalue weighted by Gasteiger charge is -2.13. The number of aromatic nitrogens is 1. The average molecular weight is 267 g/mol. The van der Waals surface area contributed by atoms with Crippen molar-refractivity contribution in [2.45, 2.75) is 71.1 Å². The van der Waals surface area contributed by atoms with Crippen molar-refractivity contribution in [1.82, 2.24) is 5.16 Å². The van der Waals surface area contributed by atoms with Gasteiger partial charge in [0.2, 0.25) is 0 Å². The summed E-state index contributed by atoms with van der Waals surface area (Å²) in [6.07, 6.45) is 9.26. The van der Waals surface area contributed by atoms with Gasteiger partial charge in [-0.05, 0) is 12.8 Å². The van der Waals surface area contributed by atoms with E-state index in [-0.39, 0.29) is 5.69 Å². The molecule has 1 aromatic heterocycles. The standard InChI is InChI=1S/C15H25NO3/c1-3-5-7-9-12(10-8-6-4-2)14-11-13(15(17)18)16-19-14/h11-12H,3-10H2,1-2H3,(H,17,18). The van der Waals surface area contributed by atoms with Crippen LogP contribution in [0.5, 0.6) is 0 Å². The molecular formula is C15H25NO3. The molecule has 0 aliphatic rings. The summed E-state index contributed by atoms with van der Waals surface area (Å²) in [6.45, 7) is 4.37. The van der Waals surface area contributed by atoms with Crippen LogP contribution in [0.25, 0.3) is 0 Å². The Morgan fingerprint density at radius 3 is 2.21 bits per heavy atom. The van der Waals surface area contributed by atoms with Crippen LogP contribution in [0, 0.1) is 0 Å². The highest BCUT2D eigenvalue weighted by molar-refractivity contribution is 5.85. The molecule has 4 nitrogen and oxygen atoms in total. The van der Waals surface area contributed by atoms with Gasteiger partial charge in [-0.15, -0.1) is 0 Å². The number of rotatable bonds is 10. The van der Waals surface area contributed by atoms with Crippen molar-refractivity contribution in [2.24, 2.45) is 0 Å². The zero-order chi connectivity index (χ0) is 14.1. The highest BCUT2D eigenvalue weighted by Crippen LogP contribution is 2.28. The van der Waals surface area contributed by atoms with E-state index < -0.39 is 5.97 Å². The molecule has 0 bridgehead atoms. The quantitative estimate of drug-likeness (QED) is 0.628. The zero-order valence-electron chi connectivity index (χ0n) is 12.0. The maximum absolute atomic E-state index is 10.8. The lowest BCUT2D eigenvalue weighted by molar-refractivity contribution is 0.0685. The first-order valence-corrected chi connectivity index (χ1v) is 7.38. The van der Waals surface area contributed by atoms with Crippen molar-refractivity contribution in [3.05, 3.63) is 17.5 Å². The highest BCUT2D eigenvalue weighted by atomic mass is 16.5. The van der Waals surface area contributed by atoms with Gasteiger partial charge in [0.15, 0.2) is 5.69 Å². The van der Waals surface area contributed by atoms with E-state index in [2.05, 4.69) is 19.0 Å². The van der Waals surface area contributed by atoms with Gasteiger partial charge in [0.25, 0.3) is 0 Å². The molecule has 19 heavy (non-hydrogen) atoms. The number of carboxylic acids is 1. The predicted molar refractivity (Wildman–Crippen MR) is 74.5 cm³/mol. The maximum atomic E-state index is 10.8. The molecule has 0 aromatic carbocycles. The van der Waals surface area contributed by atoms with Crippen molar-refractivity contribution >= 4 is 5.97 Å². The van der Waals surface area contributed by atoms with E-state index in [0.29, 0.717) is 5.92 Å². The summed E-state index contributed by atoms with van der Waals surface area (Å²) in [5, 5.41) is 12.5. The monoisotopic (exact) mass is 267 g/mol. The fourth-order valence-corrected chi connectivity index (χ4v) is 2.29. The molecule has 0 radical (unpaired) electrons. The fourth-order valence-electron chi connectivity index (χ4n) is 2.29. The molecule has 0 spiro atoms. The highest BCUT2D eigenvalue weighted by Gasteiger charge is 2.19. The molecule has 0 saturated heterocycles. The van der Waals surface area contributed by atoms with Crippen LogP contribution >= 0.6 is 0 Å². The van der Waals surface area contributed by atoms with Crippen molar-refractivity contribution in [2.75, 3.05) is 0 Å². The van der Waals surface area contributed by atoms with Crippen LogP contribution < -0.4 is 0 Å². The molecule has 0 fully saturated rings. The van der Waals surface area contributed by atoms with E-state index in [0.717, 1.165) is 31.4 Å². The third-order valence-corrected chi connectivity index (χ3v) is 3.46. The zero-order valence-corrected chi connectivity index (χ0v) is 12.0. The summed E-state index contributed by atoms with van der Waals surface area (Å²) in [7, 11) is 0. The van der Waals surface area contributed by atoms with E-state index in [1.54, 1.807) is 6.07 Å². The Labute approximate surface area is 115 Å². The molecule has 0 aliphatic heterocycles. The van der Waals surface area contributed by atoms with E-state index in [9.17, 15) is 4.79 Å². The molecule has 1 heterocycles. The van der Waals surface area contributed by atoms with Crippen molar-refractivity contribution < 1.29 is 14.4 Å². The Hall–Kier alpha value is -1.32. The Morgan fingerprint density at radius 2 is 1.79 bits per heavy atom. The van der Waals surface area contributed by atoms with Crippen LogP contribution in [0.3, 0.4) is 0 Å². The Bertz CT molecular complexity index is 363. The van der Waals surface area contributed by atoms with E-state index >= 15 is 0 Å². The number of hydrogen-bond acceptors (Lipinski definition) is 3. The number of aromatic carboxylic acids is 1. The van der Waals surface area contributed by atoms with Crippen LogP contribution in [-0.4, -0.2) is 16.2 Å². The second-order valence-corrected chi connectivity index (χ2v) is 5.11. The van der Waals surface area contributed by atoms with Crippen LogP contribution in [0.4, 0.5) is 0 Å². The number of carbonyl (C=O) groups is 1. The second kappa shape index (κ2) is 8.73. The Kier molecular flexibility index (Phi) is 7.23. The summed E-state index contributed by atoms with van der Waals surface area (Å²) < 4.78 is 5.22. The van der Waals surface area contributed by atoms with E-state index in [1.165, 1.54) is 25.7 Å². The number of unbranched alkanes of at least 4 members (excludes halogenated alkanes) is 4. The van der Waals surface area contributed by atoms with Crippen molar-refractivity contribution in [3.63, 3.8) is 0 Å². The molecule has 1 rings (SSSR count). The molecule has 108 valence electrons. The Morgan fingerprint density at radius 1 is 1.21 bits per heavy atom. The lowest BCUT2D eigenvalue weighted by atomic mass is 9.92. The largest absolute Gasteiger partial charge is 0.476 e. The molecule has 0 saturated carbocycles. The predicted octanol–water partition coefficient (Wildman–Crippen LogP) is 4.62. The fraction of sp³-hybridized carbons (Fsp3) is 0.733. The van der Waals surface area contributed by atoms with Gasteiger partial charge in [-0.3, -0.25) is 0 Å². The van der Waals surface area contributed by atoms with Crippen LogP contribution in [-0.2, 0) is 0 Å². The number of hydrogen-bond donors (Lipinski definition) is 1. The van der Waals surface area contributed by atoms with Gasteiger partial charge >= 0.3 is 5.97 Å². The van der Waals surface area contributed by atoms with Crippen LogP contribution in [0.2, 0.25) is 0 Å². The smallest absolute Gasteiger partial charge is 0.358 e. The van der Waals surface area contributed by atoms with Gasteiger partial charge in [0.1, 0.15) is 5.76 Å². The third-order valence-electron chi connectivity index (χ3n) is 3.46. The van der Waals surface area contributed by atoms with Gasteiger partial charge in [-0.25, -0.2) is 4.79 Å². The third kappa shape index (κ3) is 5.45. The molecule has 0 unspecified atom stereocenters. The van der Waals surface area contributed by atoms with Gasteiger partial charge in [0, 0.05) is 12.0 Å². The molecule has 0 aliphatic carbocycles. The maximum Gasteiger partial charge on any atom is 0.358 e. The first-order valence-electron chi connectivity index (χ1n) is 7.38. The van der Waals surface area contributed by atoms with E-state index in [1.807, 2.05) is 0 Å². The number of carboxylic acid groups (broad SMARTS) is 1. The SMILES string of the molecule is CCCCCC(CCCCC)c1cc(C(=O)O)no1. The molecule has 4 heteroatoms. The molecule has 0 amide bonds. The van der Waals surface area contributed by atoms with Gasteiger partial charge in [-0.2, -0.15) is 0 Å². The first-order chi connectivity index (χ1) is 9.19. The minimum Gasteiger partial charge on any atom is -0.476 e. The summed E-state index contributed by atoms with van der Waals surface area (Å²) in [6, 6.07) is 1.59. The molecule has 0 atom stereocenters. The van der Waals surface area contributed by atoms with Gasteiger partial charge < -0.3 is 9.63 Å². The average Bonchev–Trinajstić information content (AvgIpc) is 2.87.